The van der Waals surface area contributed by atoms with Gasteiger partial charge in [0.2, 0.25) is 0 Å². The summed E-state index contributed by atoms with van der Waals surface area (Å²) < 4.78 is 0. The molecule has 0 radical (unpaired) electrons. The van der Waals surface area contributed by atoms with Crippen LogP contribution in [-0.2, 0) is 0 Å². The van der Waals surface area contributed by atoms with Crippen LogP contribution in [-0.4, -0.2) is 36.1 Å². The van der Waals surface area contributed by atoms with Gasteiger partial charge >= 0.3 is 0 Å². The molecule has 1 unspecified atom stereocenters. The number of piperidine rings is 2. The molecule has 2 aliphatic heterocycles. The van der Waals surface area contributed by atoms with E-state index in [0.717, 1.165) is 18.1 Å². The zero-order chi connectivity index (χ0) is 10.1. The van der Waals surface area contributed by atoms with Crippen molar-refractivity contribution in [1.82, 2.24) is 10.2 Å². The molecule has 0 amide bonds. The van der Waals surface area contributed by atoms with Crippen LogP contribution in [0.15, 0.2) is 0 Å². The molecule has 2 fully saturated rings. The summed E-state index contributed by atoms with van der Waals surface area (Å²) in [6.07, 6.45) is 7.02. The van der Waals surface area contributed by atoms with Crippen molar-refractivity contribution in [3.05, 3.63) is 0 Å². The topological polar surface area (TPSA) is 15.3 Å². The van der Waals surface area contributed by atoms with Gasteiger partial charge in [-0.2, -0.15) is 0 Å². The van der Waals surface area contributed by atoms with Gasteiger partial charge in [-0.25, -0.2) is 0 Å². The number of nitrogens with zero attached hydrogens (tertiary/aromatic N) is 1. The van der Waals surface area contributed by atoms with Crippen LogP contribution >= 0.6 is 0 Å². The van der Waals surface area contributed by atoms with Crippen molar-refractivity contribution in [1.29, 1.82) is 0 Å². The highest BCUT2D eigenvalue weighted by Crippen LogP contribution is 2.32. The fourth-order valence-corrected chi connectivity index (χ4v) is 3.22. The molecule has 82 valence electrons. The van der Waals surface area contributed by atoms with E-state index in [1.807, 2.05) is 0 Å². The van der Waals surface area contributed by atoms with Gasteiger partial charge in [0.1, 0.15) is 0 Å². The van der Waals surface area contributed by atoms with E-state index in [0.29, 0.717) is 6.04 Å². The highest BCUT2D eigenvalue weighted by atomic mass is 15.2. The smallest absolute Gasteiger partial charge is 0.0110 e. The van der Waals surface area contributed by atoms with Crippen molar-refractivity contribution in [3.8, 4) is 0 Å². The molecule has 0 spiro atoms. The second-order valence-electron chi connectivity index (χ2n) is 5.39. The van der Waals surface area contributed by atoms with E-state index >= 15 is 0 Å². The van der Waals surface area contributed by atoms with E-state index in [1.54, 1.807) is 0 Å². The Morgan fingerprint density at radius 3 is 2.21 bits per heavy atom. The highest BCUT2D eigenvalue weighted by Gasteiger charge is 2.35. The van der Waals surface area contributed by atoms with E-state index in [-0.39, 0.29) is 0 Å². The molecule has 1 N–H and O–H groups in total. The highest BCUT2D eigenvalue weighted by molar-refractivity contribution is 4.93. The van der Waals surface area contributed by atoms with Gasteiger partial charge in [0.25, 0.3) is 0 Å². The van der Waals surface area contributed by atoms with Crippen LogP contribution in [0.2, 0.25) is 0 Å². The number of hydrogen-bond donors (Lipinski definition) is 1. The number of nitrogens with one attached hydrogen (secondary N) is 1. The lowest BCUT2D eigenvalue weighted by Gasteiger charge is -2.47. The van der Waals surface area contributed by atoms with Crippen molar-refractivity contribution in [2.24, 2.45) is 0 Å². The fourth-order valence-electron chi connectivity index (χ4n) is 3.22. The summed E-state index contributed by atoms with van der Waals surface area (Å²) in [6.45, 7) is 4.52. The van der Waals surface area contributed by atoms with Gasteiger partial charge in [-0.05, 0) is 32.7 Å². The second-order valence-corrected chi connectivity index (χ2v) is 5.39. The maximum absolute atomic E-state index is 3.70. The molecular weight excluding hydrogens is 172 g/mol. The summed E-state index contributed by atoms with van der Waals surface area (Å²) >= 11 is 0. The molecular formula is C12H24N2. The van der Waals surface area contributed by atoms with Crippen molar-refractivity contribution < 1.29 is 0 Å². The molecule has 0 saturated carbocycles. The van der Waals surface area contributed by atoms with E-state index in [4.69, 9.17) is 0 Å². The molecule has 2 saturated heterocycles. The van der Waals surface area contributed by atoms with Crippen LogP contribution in [0.1, 0.15) is 46.0 Å². The van der Waals surface area contributed by atoms with Crippen LogP contribution in [0.25, 0.3) is 0 Å². The maximum Gasteiger partial charge on any atom is 0.0110 e. The molecule has 2 bridgehead atoms. The Morgan fingerprint density at radius 2 is 1.71 bits per heavy atom. The van der Waals surface area contributed by atoms with Gasteiger partial charge < -0.3 is 10.2 Å². The number of rotatable bonds is 2. The third kappa shape index (κ3) is 2.12. The van der Waals surface area contributed by atoms with Gasteiger partial charge in [0.05, 0.1) is 0 Å². The Balaban J connectivity index is 1.93. The van der Waals surface area contributed by atoms with Crippen LogP contribution < -0.4 is 5.32 Å². The third-order valence-electron chi connectivity index (χ3n) is 3.91. The Hall–Kier alpha value is -0.0800. The van der Waals surface area contributed by atoms with Crippen LogP contribution in [0.5, 0.6) is 0 Å². The third-order valence-corrected chi connectivity index (χ3v) is 3.91. The number of hydrogen-bond acceptors (Lipinski definition) is 2. The monoisotopic (exact) mass is 196 g/mol. The first-order valence-electron chi connectivity index (χ1n) is 6.15. The SMILES string of the molecule is CC(C)NC1C[C@H]2CCC[C@@H](C1)N2C. The average Bonchev–Trinajstić information content (AvgIpc) is 2.05. The van der Waals surface area contributed by atoms with Crippen molar-refractivity contribution >= 4 is 0 Å². The zero-order valence-corrected chi connectivity index (χ0v) is 9.79. The predicted octanol–water partition coefficient (Wildman–Crippen LogP) is 2.00. The Labute approximate surface area is 88.1 Å². The first kappa shape index (κ1) is 10.4. The quantitative estimate of drug-likeness (QED) is 0.726. The van der Waals surface area contributed by atoms with Crippen molar-refractivity contribution in [3.63, 3.8) is 0 Å². The lowest BCUT2D eigenvalue weighted by Crippen LogP contribution is -2.55. The fraction of sp³-hybridized carbons (Fsp3) is 1.00. The number of fused-ring (bicyclic) bond motifs is 2. The van der Waals surface area contributed by atoms with Gasteiger partial charge in [-0.3, -0.25) is 0 Å². The van der Waals surface area contributed by atoms with Crippen molar-refractivity contribution in [2.45, 2.75) is 70.1 Å². The summed E-state index contributed by atoms with van der Waals surface area (Å²) in [5.41, 5.74) is 0. The molecule has 14 heavy (non-hydrogen) atoms. The minimum absolute atomic E-state index is 0.643. The molecule has 2 nitrogen and oxygen atoms in total. The standard InChI is InChI=1S/C12H24N2/c1-9(2)13-10-7-11-5-4-6-12(8-10)14(11)3/h9-13H,4-8H2,1-3H3/t10?,11-,12+. The Kier molecular flexibility index (Phi) is 3.13. The summed E-state index contributed by atoms with van der Waals surface area (Å²) in [5, 5.41) is 3.70. The maximum atomic E-state index is 3.70. The molecule has 0 aliphatic carbocycles. The normalized spacial score (nSPS) is 39.0. The second kappa shape index (κ2) is 4.19. The van der Waals surface area contributed by atoms with Gasteiger partial charge in [0.15, 0.2) is 0 Å². The molecule has 2 aliphatic rings. The van der Waals surface area contributed by atoms with Crippen LogP contribution in [0.3, 0.4) is 0 Å². The van der Waals surface area contributed by atoms with E-state index in [2.05, 4.69) is 31.1 Å². The van der Waals surface area contributed by atoms with E-state index in [9.17, 15) is 0 Å². The summed E-state index contributed by atoms with van der Waals surface area (Å²) in [5.74, 6) is 0. The first-order chi connectivity index (χ1) is 6.66. The first-order valence-corrected chi connectivity index (χ1v) is 6.15. The lowest BCUT2D eigenvalue weighted by atomic mass is 9.82. The summed E-state index contributed by atoms with van der Waals surface area (Å²) in [6, 6.07) is 3.14. The van der Waals surface area contributed by atoms with Crippen molar-refractivity contribution in [2.75, 3.05) is 7.05 Å². The molecule has 0 aromatic heterocycles. The zero-order valence-electron chi connectivity index (χ0n) is 9.79. The lowest BCUT2D eigenvalue weighted by molar-refractivity contribution is 0.0468. The van der Waals surface area contributed by atoms with Crippen LogP contribution in [0.4, 0.5) is 0 Å². The summed E-state index contributed by atoms with van der Waals surface area (Å²) in [4.78, 5) is 2.63. The molecule has 0 aromatic carbocycles. The Bertz CT molecular complexity index is 177. The van der Waals surface area contributed by atoms with Gasteiger partial charge in [0, 0.05) is 24.2 Å². The predicted molar refractivity (Wildman–Crippen MR) is 60.5 cm³/mol. The molecule has 3 atom stereocenters. The van der Waals surface area contributed by atoms with E-state index in [1.165, 1.54) is 32.1 Å². The molecule has 0 aromatic rings. The minimum Gasteiger partial charge on any atom is -0.312 e. The Morgan fingerprint density at radius 1 is 1.14 bits per heavy atom. The minimum atomic E-state index is 0.643. The average molecular weight is 196 g/mol. The molecule has 2 rings (SSSR count). The summed E-state index contributed by atoms with van der Waals surface area (Å²) in [7, 11) is 2.32. The van der Waals surface area contributed by atoms with Gasteiger partial charge in [-0.1, -0.05) is 20.3 Å². The van der Waals surface area contributed by atoms with E-state index < -0.39 is 0 Å². The largest absolute Gasteiger partial charge is 0.312 e. The van der Waals surface area contributed by atoms with Gasteiger partial charge in [-0.15, -0.1) is 0 Å². The molecule has 2 heteroatoms. The molecule has 2 heterocycles. The van der Waals surface area contributed by atoms with Crippen LogP contribution in [0, 0.1) is 0 Å².